The van der Waals surface area contributed by atoms with E-state index in [1.165, 1.54) is 24.8 Å². The molecule has 1 heterocycles. The molecular weight excluding hydrogens is 294 g/mol. The van der Waals surface area contributed by atoms with Crippen molar-refractivity contribution in [3.63, 3.8) is 0 Å². The molecule has 2 rings (SSSR count). The van der Waals surface area contributed by atoms with Gasteiger partial charge in [0.2, 0.25) is 0 Å². The number of likely N-dealkylation sites (tertiary alicyclic amines) is 1. The molecule has 22 heavy (non-hydrogen) atoms. The minimum atomic E-state index is 0. The Labute approximate surface area is 141 Å². The minimum absolute atomic E-state index is 0. The predicted molar refractivity (Wildman–Crippen MR) is 96.7 cm³/mol. The number of benzene rings is 1. The van der Waals surface area contributed by atoms with Crippen LogP contribution >= 0.6 is 12.4 Å². The summed E-state index contributed by atoms with van der Waals surface area (Å²) in [6.45, 7) is 9.09. The number of nitrogens with zero attached hydrogens (tertiary/aromatic N) is 1. The number of rotatable bonds is 5. The van der Waals surface area contributed by atoms with E-state index < -0.39 is 0 Å². The minimum Gasteiger partial charge on any atom is -0.508 e. The third kappa shape index (κ3) is 4.42. The van der Waals surface area contributed by atoms with E-state index in [1.54, 1.807) is 6.07 Å². The lowest BCUT2D eigenvalue weighted by Crippen LogP contribution is -2.45. The van der Waals surface area contributed by atoms with Gasteiger partial charge in [0.15, 0.2) is 0 Å². The second-order valence-corrected chi connectivity index (χ2v) is 6.64. The van der Waals surface area contributed by atoms with E-state index in [0.29, 0.717) is 11.7 Å². The van der Waals surface area contributed by atoms with E-state index in [2.05, 4.69) is 44.0 Å². The lowest BCUT2D eigenvalue weighted by molar-refractivity contribution is 0.149. The number of halogens is 1. The number of unbranched alkanes of at least 4 members (excludes halogenated alkanes) is 2. The van der Waals surface area contributed by atoms with E-state index in [9.17, 15) is 5.11 Å². The van der Waals surface area contributed by atoms with Gasteiger partial charge < -0.3 is 10.0 Å². The number of aromatic hydroxyl groups is 1. The van der Waals surface area contributed by atoms with Crippen molar-refractivity contribution in [1.82, 2.24) is 4.90 Å². The van der Waals surface area contributed by atoms with E-state index in [0.717, 1.165) is 19.5 Å². The van der Waals surface area contributed by atoms with Crippen LogP contribution in [-0.2, 0) is 5.41 Å². The largest absolute Gasteiger partial charge is 0.508 e. The smallest absolute Gasteiger partial charge is 0.115 e. The van der Waals surface area contributed by atoms with E-state index in [1.807, 2.05) is 12.1 Å². The van der Waals surface area contributed by atoms with Crippen LogP contribution in [-0.4, -0.2) is 23.1 Å². The van der Waals surface area contributed by atoms with Crippen LogP contribution in [0.25, 0.3) is 0 Å². The van der Waals surface area contributed by atoms with Gasteiger partial charge in [0.05, 0.1) is 0 Å². The first kappa shape index (κ1) is 18.9. The van der Waals surface area contributed by atoms with Gasteiger partial charge in [-0.05, 0) is 48.1 Å². The average molecular weight is 324 g/mol. The van der Waals surface area contributed by atoms with Crippen molar-refractivity contribution in [2.45, 2.75) is 51.9 Å². The molecule has 0 bridgehead atoms. The zero-order valence-electron chi connectivity index (χ0n) is 14.1. The summed E-state index contributed by atoms with van der Waals surface area (Å²) in [5.74, 6) is 0.951. The predicted octanol–water partition coefficient (Wildman–Crippen LogP) is 5.12. The van der Waals surface area contributed by atoms with Crippen LogP contribution in [0.15, 0.2) is 36.5 Å². The van der Waals surface area contributed by atoms with Crippen molar-refractivity contribution in [3.05, 3.63) is 42.1 Å². The first-order chi connectivity index (χ1) is 10.1. The van der Waals surface area contributed by atoms with E-state index in [-0.39, 0.29) is 17.8 Å². The summed E-state index contributed by atoms with van der Waals surface area (Å²) in [6, 6.07) is 7.80. The molecule has 124 valence electrons. The van der Waals surface area contributed by atoms with Gasteiger partial charge in [-0.1, -0.05) is 51.8 Å². The van der Waals surface area contributed by atoms with Gasteiger partial charge >= 0.3 is 0 Å². The van der Waals surface area contributed by atoms with Gasteiger partial charge in [-0.3, -0.25) is 0 Å². The van der Waals surface area contributed by atoms with Crippen molar-refractivity contribution in [2.75, 3.05) is 13.1 Å². The van der Waals surface area contributed by atoms with Crippen LogP contribution in [0.4, 0.5) is 0 Å². The molecule has 0 aliphatic carbocycles. The Kier molecular flexibility index (Phi) is 7.28. The summed E-state index contributed by atoms with van der Waals surface area (Å²) < 4.78 is 0. The maximum absolute atomic E-state index is 9.74. The highest BCUT2D eigenvalue weighted by molar-refractivity contribution is 5.85. The fourth-order valence-electron chi connectivity index (χ4n) is 3.24. The van der Waals surface area contributed by atoms with Crippen LogP contribution in [0.2, 0.25) is 0 Å². The molecule has 2 atom stereocenters. The number of allylic oxidation sites excluding steroid dienone is 1. The second-order valence-electron chi connectivity index (χ2n) is 6.64. The lowest BCUT2D eigenvalue weighted by Gasteiger charge is -2.45. The maximum atomic E-state index is 9.74. The number of phenols is 1. The van der Waals surface area contributed by atoms with Crippen LogP contribution in [0, 0.1) is 5.92 Å². The van der Waals surface area contributed by atoms with Crippen LogP contribution < -0.4 is 0 Å². The Hall–Kier alpha value is -1.15. The zero-order chi connectivity index (χ0) is 15.3. The second kappa shape index (κ2) is 8.47. The molecule has 0 radical (unpaired) electrons. The number of hydrogen-bond acceptors (Lipinski definition) is 2. The lowest BCUT2D eigenvalue weighted by atomic mass is 9.68. The zero-order valence-corrected chi connectivity index (χ0v) is 14.9. The fourth-order valence-corrected chi connectivity index (χ4v) is 3.24. The van der Waals surface area contributed by atoms with Crippen molar-refractivity contribution in [2.24, 2.45) is 5.92 Å². The maximum Gasteiger partial charge on any atom is 0.115 e. The number of piperidine rings is 1. The molecule has 0 spiro atoms. The number of phenolic OH excluding ortho intramolecular Hbond substituents is 1. The third-order valence-corrected chi connectivity index (χ3v) is 5.06. The van der Waals surface area contributed by atoms with Crippen LogP contribution in [0.1, 0.15) is 52.0 Å². The molecule has 1 aromatic rings. The monoisotopic (exact) mass is 323 g/mol. The summed E-state index contributed by atoms with van der Waals surface area (Å²) in [7, 11) is 0. The highest BCUT2D eigenvalue weighted by Crippen LogP contribution is 2.40. The molecule has 1 aliphatic heterocycles. The number of hydrogen-bond donors (Lipinski definition) is 1. The molecule has 2 nitrogen and oxygen atoms in total. The first-order valence-corrected chi connectivity index (χ1v) is 8.26. The average Bonchev–Trinajstić information content (AvgIpc) is 2.47. The Morgan fingerprint density at radius 3 is 2.82 bits per heavy atom. The summed E-state index contributed by atoms with van der Waals surface area (Å²) in [6.07, 6.45) is 9.46. The van der Waals surface area contributed by atoms with Gasteiger partial charge in [0.1, 0.15) is 5.75 Å². The molecule has 1 aliphatic rings. The first-order valence-electron chi connectivity index (χ1n) is 8.26. The summed E-state index contributed by atoms with van der Waals surface area (Å²) in [5, 5.41) is 9.74. The van der Waals surface area contributed by atoms with Crippen molar-refractivity contribution in [3.8, 4) is 5.75 Å². The third-order valence-electron chi connectivity index (χ3n) is 5.06. The molecule has 0 aromatic heterocycles. The molecule has 1 aromatic carbocycles. The molecule has 1 saturated heterocycles. The van der Waals surface area contributed by atoms with E-state index >= 15 is 0 Å². The van der Waals surface area contributed by atoms with E-state index in [4.69, 9.17) is 0 Å². The van der Waals surface area contributed by atoms with Gasteiger partial charge in [-0.25, -0.2) is 0 Å². The Balaban J connectivity index is 0.00000242. The van der Waals surface area contributed by atoms with Gasteiger partial charge in [-0.15, -0.1) is 12.4 Å². The summed E-state index contributed by atoms with van der Waals surface area (Å²) in [5.41, 5.74) is 1.43. The van der Waals surface area contributed by atoms with Gasteiger partial charge in [0, 0.05) is 13.1 Å². The van der Waals surface area contributed by atoms with Gasteiger partial charge in [0.25, 0.3) is 0 Å². The van der Waals surface area contributed by atoms with Crippen LogP contribution in [0.5, 0.6) is 5.75 Å². The van der Waals surface area contributed by atoms with Gasteiger partial charge in [-0.2, -0.15) is 0 Å². The van der Waals surface area contributed by atoms with Crippen molar-refractivity contribution >= 4 is 12.4 Å². The fraction of sp³-hybridized carbons (Fsp3) is 0.579. The molecule has 0 saturated carbocycles. The molecule has 3 heteroatoms. The topological polar surface area (TPSA) is 23.5 Å². The highest BCUT2D eigenvalue weighted by Gasteiger charge is 2.37. The van der Waals surface area contributed by atoms with Crippen LogP contribution in [0.3, 0.4) is 0 Å². The molecule has 1 fully saturated rings. The summed E-state index contributed by atoms with van der Waals surface area (Å²) in [4.78, 5) is 2.45. The Morgan fingerprint density at radius 2 is 2.18 bits per heavy atom. The molecule has 2 unspecified atom stereocenters. The highest BCUT2D eigenvalue weighted by atomic mass is 35.5. The SMILES string of the molecule is CCCC/C=C/N1CCC(C)(c2cccc(O)c2)C(C)C1.Cl. The standard InChI is InChI=1S/C19H29NO.ClH/c1-4-5-6-7-12-20-13-11-19(3,16(2)15-20)17-9-8-10-18(21)14-17;/h7-10,12,14,16,21H,4-6,11,13,15H2,1-3H3;1H/b12-7+;. The molecule has 0 amide bonds. The molecular formula is C19H30ClNO. The van der Waals surface area contributed by atoms with Crippen molar-refractivity contribution < 1.29 is 5.11 Å². The van der Waals surface area contributed by atoms with Crippen molar-refractivity contribution in [1.29, 1.82) is 0 Å². The quantitative estimate of drug-likeness (QED) is 0.760. The Bertz CT molecular complexity index is 488. The molecule has 1 N–H and O–H groups in total. The normalized spacial score (nSPS) is 25.2. The summed E-state index contributed by atoms with van der Waals surface area (Å²) >= 11 is 0. The Morgan fingerprint density at radius 1 is 1.41 bits per heavy atom.